The average Bonchev–Trinajstić information content (AvgIpc) is 3.19. The second-order valence-electron chi connectivity index (χ2n) is 7.63. The molecule has 1 amide bonds. The number of fused-ring (bicyclic) bond motifs is 1. The van der Waals surface area contributed by atoms with E-state index in [1.54, 1.807) is 24.3 Å². The third-order valence-corrected chi connectivity index (χ3v) is 5.37. The third-order valence-electron chi connectivity index (χ3n) is 5.37. The van der Waals surface area contributed by atoms with Gasteiger partial charge >= 0.3 is 0 Å². The van der Waals surface area contributed by atoms with Gasteiger partial charge in [0.25, 0.3) is 11.5 Å². The topological polar surface area (TPSA) is 75.1 Å². The van der Waals surface area contributed by atoms with Gasteiger partial charge in [0.2, 0.25) is 0 Å². The number of pyridine rings is 1. The number of H-pyrrole nitrogens is 1. The number of hydrogen-bond donors (Lipinski definition) is 2. The highest BCUT2D eigenvalue weighted by Crippen LogP contribution is 2.41. The molecule has 0 saturated heterocycles. The van der Waals surface area contributed by atoms with Gasteiger partial charge in [0.15, 0.2) is 0 Å². The Morgan fingerprint density at radius 2 is 1.96 bits per heavy atom. The van der Waals surface area contributed by atoms with Gasteiger partial charge in [-0.2, -0.15) is 0 Å². The second kappa shape index (κ2) is 6.58. The van der Waals surface area contributed by atoms with Crippen LogP contribution in [0.1, 0.15) is 54.2 Å². The normalized spacial score (nSPS) is 17.9. The first-order chi connectivity index (χ1) is 13.0. The minimum Gasteiger partial charge on any atom is -0.463 e. The van der Waals surface area contributed by atoms with Gasteiger partial charge in [0.05, 0.1) is 18.0 Å². The maximum atomic E-state index is 12.7. The molecule has 138 valence electrons. The van der Waals surface area contributed by atoms with Crippen LogP contribution in [0.25, 0.3) is 11.5 Å². The van der Waals surface area contributed by atoms with E-state index in [4.69, 9.17) is 4.42 Å². The Morgan fingerprint density at radius 3 is 2.70 bits per heavy atom. The monoisotopic (exact) mass is 362 g/mol. The van der Waals surface area contributed by atoms with E-state index in [1.807, 2.05) is 12.1 Å². The largest absolute Gasteiger partial charge is 0.463 e. The van der Waals surface area contributed by atoms with Crippen molar-refractivity contribution in [1.82, 2.24) is 10.3 Å². The number of nitrogens with one attached hydrogen (secondary N) is 2. The number of carbonyl (C=O) groups is 1. The van der Waals surface area contributed by atoms with Gasteiger partial charge in [-0.15, -0.1) is 0 Å². The Morgan fingerprint density at radius 1 is 1.15 bits per heavy atom. The number of amides is 1. The molecule has 0 spiro atoms. The Kier molecular flexibility index (Phi) is 4.22. The van der Waals surface area contributed by atoms with Crippen molar-refractivity contribution >= 4 is 5.91 Å². The first-order valence-electron chi connectivity index (χ1n) is 9.13. The lowest BCUT2D eigenvalue weighted by Crippen LogP contribution is -2.37. The summed E-state index contributed by atoms with van der Waals surface area (Å²) >= 11 is 0. The molecule has 5 heteroatoms. The van der Waals surface area contributed by atoms with E-state index in [1.165, 1.54) is 11.8 Å². The van der Waals surface area contributed by atoms with Crippen LogP contribution in [0.2, 0.25) is 0 Å². The van der Waals surface area contributed by atoms with E-state index in [2.05, 4.69) is 36.3 Å². The lowest BCUT2D eigenvalue weighted by Gasteiger charge is -2.37. The lowest BCUT2D eigenvalue weighted by molar-refractivity contribution is 0.0928. The fraction of sp³-hybridized carbons (Fsp3) is 0.273. The molecule has 5 nitrogen and oxygen atoms in total. The van der Waals surface area contributed by atoms with Crippen LogP contribution in [0.15, 0.2) is 64.0 Å². The molecule has 2 aromatic heterocycles. The first kappa shape index (κ1) is 17.3. The molecule has 0 aliphatic heterocycles. The van der Waals surface area contributed by atoms with Crippen LogP contribution in [0.4, 0.5) is 0 Å². The van der Waals surface area contributed by atoms with Gasteiger partial charge < -0.3 is 14.7 Å². The van der Waals surface area contributed by atoms with Gasteiger partial charge in [-0.3, -0.25) is 9.59 Å². The molecule has 3 aromatic rings. The predicted octanol–water partition coefficient (Wildman–Crippen LogP) is 4.18. The van der Waals surface area contributed by atoms with Crippen molar-refractivity contribution in [3.05, 3.63) is 81.8 Å². The molecule has 2 N–H and O–H groups in total. The smallest absolute Gasteiger partial charge is 0.261 e. The van der Waals surface area contributed by atoms with E-state index < -0.39 is 5.56 Å². The summed E-state index contributed by atoms with van der Waals surface area (Å²) < 4.78 is 5.28. The average molecular weight is 362 g/mol. The highest BCUT2D eigenvalue weighted by Gasteiger charge is 2.33. The van der Waals surface area contributed by atoms with Crippen molar-refractivity contribution in [3.63, 3.8) is 0 Å². The van der Waals surface area contributed by atoms with Crippen LogP contribution in [0.5, 0.6) is 0 Å². The minimum absolute atomic E-state index is 0.0833. The molecule has 1 unspecified atom stereocenters. The summed E-state index contributed by atoms with van der Waals surface area (Å²) in [5.41, 5.74) is 2.69. The molecule has 1 atom stereocenters. The predicted molar refractivity (Wildman–Crippen MR) is 104 cm³/mol. The quantitative estimate of drug-likeness (QED) is 0.734. The molecule has 2 heterocycles. The molecule has 0 saturated carbocycles. The number of furan rings is 1. The first-order valence-corrected chi connectivity index (χ1v) is 9.13. The fourth-order valence-electron chi connectivity index (χ4n) is 3.83. The molecule has 1 aromatic carbocycles. The van der Waals surface area contributed by atoms with Crippen molar-refractivity contribution in [3.8, 4) is 11.5 Å². The van der Waals surface area contributed by atoms with E-state index in [0.717, 1.165) is 18.4 Å². The molecular formula is C22H22N2O3. The molecule has 0 radical (unpaired) electrons. The molecule has 27 heavy (non-hydrogen) atoms. The van der Waals surface area contributed by atoms with Crippen LogP contribution in [-0.4, -0.2) is 10.9 Å². The van der Waals surface area contributed by atoms with E-state index in [-0.39, 0.29) is 22.9 Å². The van der Waals surface area contributed by atoms with E-state index >= 15 is 0 Å². The molecule has 1 aliphatic carbocycles. The number of benzene rings is 1. The van der Waals surface area contributed by atoms with Gasteiger partial charge in [-0.1, -0.05) is 38.1 Å². The Balaban J connectivity index is 1.59. The maximum absolute atomic E-state index is 12.7. The van der Waals surface area contributed by atoms with Crippen molar-refractivity contribution in [1.29, 1.82) is 0 Å². The zero-order valence-corrected chi connectivity index (χ0v) is 15.4. The summed E-state index contributed by atoms with van der Waals surface area (Å²) in [5, 5.41) is 3.04. The summed E-state index contributed by atoms with van der Waals surface area (Å²) in [4.78, 5) is 27.9. The summed E-state index contributed by atoms with van der Waals surface area (Å²) in [6.45, 7) is 4.45. The molecular weight excluding hydrogens is 340 g/mol. The highest BCUT2D eigenvalue weighted by molar-refractivity contribution is 5.94. The number of carbonyl (C=O) groups excluding carboxylic acids is 1. The summed E-state index contributed by atoms with van der Waals surface area (Å²) in [6, 6.07) is 14.8. The standard InChI is InChI=1S/C22H22N2O3/c1-22(2)12-11-17(14-6-3-4-7-16(14)22)23-20(25)15-9-10-18(24-21(15)26)19-8-5-13-27-19/h3-10,13,17H,11-12H2,1-2H3,(H,23,25)(H,24,26). The fourth-order valence-corrected chi connectivity index (χ4v) is 3.83. The maximum Gasteiger partial charge on any atom is 0.261 e. The Hall–Kier alpha value is -3.08. The van der Waals surface area contributed by atoms with Gasteiger partial charge in [-0.25, -0.2) is 0 Å². The van der Waals surface area contributed by atoms with Gasteiger partial charge in [0.1, 0.15) is 11.3 Å². The summed E-state index contributed by atoms with van der Waals surface area (Å²) in [6.07, 6.45) is 3.36. The van der Waals surface area contributed by atoms with Crippen molar-refractivity contribution in [2.24, 2.45) is 0 Å². The lowest BCUT2D eigenvalue weighted by atomic mass is 9.71. The minimum atomic E-state index is -0.425. The van der Waals surface area contributed by atoms with Crippen LogP contribution in [0.3, 0.4) is 0 Å². The van der Waals surface area contributed by atoms with Crippen molar-refractivity contribution in [2.75, 3.05) is 0 Å². The molecule has 1 aliphatic rings. The van der Waals surface area contributed by atoms with Crippen LogP contribution in [-0.2, 0) is 5.41 Å². The zero-order valence-electron chi connectivity index (χ0n) is 15.4. The van der Waals surface area contributed by atoms with E-state index in [0.29, 0.717) is 11.5 Å². The summed E-state index contributed by atoms with van der Waals surface area (Å²) in [5.74, 6) is 0.198. The number of aromatic nitrogens is 1. The van der Waals surface area contributed by atoms with Crippen molar-refractivity contribution in [2.45, 2.75) is 38.1 Å². The SMILES string of the molecule is CC1(C)CCC(NC(=O)c2ccc(-c3ccco3)[nH]c2=O)c2ccccc21. The molecule has 4 rings (SSSR count). The Bertz CT molecular complexity index is 1030. The van der Waals surface area contributed by atoms with Crippen LogP contribution >= 0.6 is 0 Å². The number of rotatable bonds is 3. The number of hydrogen-bond acceptors (Lipinski definition) is 3. The summed E-state index contributed by atoms with van der Waals surface area (Å²) in [7, 11) is 0. The van der Waals surface area contributed by atoms with Crippen LogP contribution in [0, 0.1) is 0 Å². The molecule has 0 bridgehead atoms. The third kappa shape index (κ3) is 3.21. The second-order valence-corrected chi connectivity index (χ2v) is 7.63. The van der Waals surface area contributed by atoms with E-state index in [9.17, 15) is 9.59 Å². The Labute approximate surface area is 157 Å². The van der Waals surface area contributed by atoms with Crippen molar-refractivity contribution < 1.29 is 9.21 Å². The zero-order chi connectivity index (χ0) is 19.0. The highest BCUT2D eigenvalue weighted by atomic mass is 16.3. The number of aromatic amines is 1. The van der Waals surface area contributed by atoms with Gasteiger partial charge in [-0.05, 0) is 53.6 Å². The van der Waals surface area contributed by atoms with Crippen LogP contribution < -0.4 is 10.9 Å². The molecule has 0 fully saturated rings. The van der Waals surface area contributed by atoms with Gasteiger partial charge in [0, 0.05) is 0 Å².